The highest BCUT2D eigenvalue weighted by atomic mass is 35.5. The Hall–Kier alpha value is -2.42. The van der Waals surface area contributed by atoms with Crippen LogP contribution in [0.2, 0.25) is 10.0 Å². The molecule has 10 heteroatoms. The number of alkyl halides is 3. The van der Waals surface area contributed by atoms with Crippen LogP contribution >= 0.6 is 23.2 Å². The van der Waals surface area contributed by atoms with Crippen molar-refractivity contribution in [1.29, 1.82) is 0 Å². The van der Waals surface area contributed by atoms with Gasteiger partial charge in [0.1, 0.15) is 5.75 Å². The molecule has 0 heterocycles. The van der Waals surface area contributed by atoms with E-state index in [-0.39, 0.29) is 18.8 Å². The van der Waals surface area contributed by atoms with E-state index in [0.29, 0.717) is 28.3 Å². The lowest BCUT2D eigenvalue weighted by atomic mass is 10.1. The van der Waals surface area contributed by atoms with Crippen molar-refractivity contribution in [2.75, 3.05) is 17.5 Å². The standard InChI is InChI=1S/C23H20Cl2F3NO3S/c1-2-29(33(30,31)19-9-3-6-16(14-19)23(26,27)28)17-7-4-8-18(15-17)32-13-12-20-21(24)10-5-11-22(20)25/h3-11,14-15H,2,12-13H2,1H3. The Kier molecular flexibility index (Phi) is 7.82. The fourth-order valence-corrected chi connectivity index (χ4v) is 5.32. The molecule has 0 spiro atoms. The summed E-state index contributed by atoms with van der Waals surface area (Å²) in [6.07, 6.45) is -4.22. The number of hydrogen-bond donors (Lipinski definition) is 0. The summed E-state index contributed by atoms with van der Waals surface area (Å²) in [4.78, 5) is -0.446. The van der Waals surface area contributed by atoms with E-state index in [1.165, 1.54) is 6.07 Å². The van der Waals surface area contributed by atoms with Crippen LogP contribution in [0.25, 0.3) is 0 Å². The Morgan fingerprint density at radius 3 is 2.21 bits per heavy atom. The van der Waals surface area contributed by atoms with E-state index in [1.807, 2.05) is 0 Å². The molecule has 3 rings (SSSR count). The van der Waals surface area contributed by atoms with Gasteiger partial charge in [-0.05, 0) is 55.0 Å². The quantitative estimate of drug-likeness (QED) is 0.328. The van der Waals surface area contributed by atoms with Crippen LogP contribution in [-0.2, 0) is 22.6 Å². The van der Waals surface area contributed by atoms with Gasteiger partial charge in [0, 0.05) is 29.1 Å². The first kappa shape index (κ1) is 25.2. The number of anilines is 1. The Morgan fingerprint density at radius 2 is 1.58 bits per heavy atom. The maximum Gasteiger partial charge on any atom is 0.416 e. The van der Waals surface area contributed by atoms with Gasteiger partial charge in [0.15, 0.2) is 0 Å². The summed E-state index contributed by atoms with van der Waals surface area (Å²) in [6, 6.07) is 15.2. The number of rotatable bonds is 8. The van der Waals surface area contributed by atoms with Gasteiger partial charge in [0.25, 0.3) is 10.0 Å². The molecule has 0 aliphatic heterocycles. The molecule has 3 aromatic carbocycles. The van der Waals surface area contributed by atoms with Crippen molar-refractivity contribution in [1.82, 2.24) is 0 Å². The van der Waals surface area contributed by atoms with Crippen LogP contribution in [0.15, 0.2) is 71.6 Å². The van der Waals surface area contributed by atoms with Crippen LogP contribution < -0.4 is 9.04 Å². The highest BCUT2D eigenvalue weighted by molar-refractivity contribution is 7.92. The molecule has 0 aromatic heterocycles. The summed E-state index contributed by atoms with van der Waals surface area (Å²) >= 11 is 12.3. The molecule has 0 unspecified atom stereocenters. The van der Waals surface area contributed by atoms with Gasteiger partial charge in [-0.2, -0.15) is 13.2 Å². The highest BCUT2D eigenvalue weighted by Crippen LogP contribution is 2.33. The molecule has 4 nitrogen and oxygen atoms in total. The van der Waals surface area contributed by atoms with Crippen molar-refractivity contribution in [2.24, 2.45) is 0 Å². The van der Waals surface area contributed by atoms with Crippen LogP contribution in [0, 0.1) is 0 Å². The average Bonchev–Trinajstić information content (AvgIpc) is 2.76. The third-order valence-electron chi connectivity index (χ3n) is 4.82. The summed E-state index contributed by atoms with van der Waals surface area (Å²) < 4.78 is 72.2. The molecule has 0 aliphatic rings. The molecule has 0 saturated heterocycles. The van der Waals surface area contributed by atoms with Crippen LogP contribution in [0.1, 0.15) is 18.1 Å². The number of benzene rings is 3. The Labute approximate surface area is 200 Å². The maximum absolute atomic E-state index is 13.1. The molecule has 0 N–H and O–H groups in total. The van der Waals surface area contributed by atoms with Crippen LogP contribution in [-0.4, -0.2) is 21.6 Å². The highest BCUT2D eigenvalue weighted by Gasteiger charge is 2.33. The van der Waals surface area contributed by atoms with E-state index < -0.39 is 26.7 Å². The normalized spacial score (nSPS) is 11.9. The zero-order valence-electron chi connectivity index (χ0n) is 17.4. The Balaban J connectivity index is 1.81. The summed E-state index contributed by atoms with van der Waals surface area (Å²) in [5, 5.41) is 1.04. The number of sulfonamides is 1. The summed E-state index contributed by atoms with van der Waals surface area (Å²) in [5.41, 5.74) is -0.0302. The number of hydrogen-bond acceptors (Lipinski definition) is 3. The molecule has 0 atom stereocenters. The molecular formula is C23H20Cl2F3NO3S. The van der Waals surface area contributed by atoms with E-state index in [9.17, 15) is 21.6 Å². The lowest BCUT2D eigenvalue weighted by Crippen LogP contribution is -2.31. The second kappa shape index (κ2) is 10.2. The Morgan fingerprint density at radius 1 is 0.939 bits per heavy atom. The molecule has 0 bridgehead atoms. The van der Waals surface area contributed by atoms with Gasteiger partial charge in [-0.1, -0.05) is 41.4 Å². The average molecular weight is 518 g/mol. The maximum atomic E-state index is 13.1. The molecule has 0 saturated carbocycles. The Bertz CT molecular complexity index is 1210. The summed E-state index contributed by atoms with van der Waals surface area (Å²) in [5.74, 6) is 0.397. The van der Waals surface area contributed by atoms with Gasteiger partial charge in [-0.15, -0.1) is 0 Å². The van der Waals surface area contributed by atoms with E-state index in [2.05, 4.69) is 0 Å². The zero-order chi connectivity index (χ0) is 24.2. The molecule has 0 aliphatic carbocycles. The third kappa shape index (κ3) is 5.93. The topological polar surface area (TPSA) is 46.6 Å². The van der Waals surface area contributed by atoms with Crippen molar-refractivity contribution in [2.45, 2.75) is 24.4 Å². The number of nitrogens with zero attached hydrogens (tertiary/aromatic N) is 1. The first-order valence-corrected chi connectivity index (χ1v) is 12.1. The molecule has 33 heavy (non-hydrogen) atoms. The van der Waals surface area contributed by atoms with Crippen LogP contribution in [0.3, 0.4) is 0 Å². The van der Waals surface area contributed by atoms with Crippen molar-refractivity contribution in [3.05, 3.63) is 87.9 Å². The van der Waals surface area contributed by atoms with E-state index in [1.54, 1.807) is 43.3 Å². The fraction of sp³-hybridized carbons (Fsp3) is 0.217. The summed E-state index contributed by atoms with van der Waals surface area (Å²) in [7, 11) is -4.24. The zero-order valence-corrected chi connectivity index (χ0v) is 19.8. The predicted molar refractivity (Wildman–Crippen MR) is 124 cm³/mol. The smallest absolute Gasteiger partial charge is 0.416 e. The predicted octanol–water partition coefficient (Wildman–Crippen LogP) is 6.85. The first-order valence-electron chi connectivity index (χ1n) is 9.89. The fourth-order valence-electron chi connectivity index (χ4n) is 3.22. The van der Waals surface area contributed by atoms with E-state index in [0.717, 1.165) is 28.1 Å². The molecule has 176 valence electrons. The molecular weight excluding hydrogens is 498 g/mol. The van der Waals surface area contributed by atoms with Crippen molar-refractivity contribution < 1.29 is 26.3 Å². The minimum absolute atomic E-state index is 0.0112. The molecule has 0 amide bonds. The first-order chi connectivity index (χ1) is 15.5. The van der Waals surface area contributed by atoms with Gasteiger partial charge in [-0.25, -0.2) is 8.42 Å². The lowest BCUT2D eigenvalue weighted by molar-refractivity contribution is -0.137. The van der Waals surface area contributed by atoms with Gasteiger partial charge >= 0.3 is 6.18 Å². The SMILES string of the molecule is CCN(c1cccc(OCCc2c(Cl)cccc2Cl)c1)S(=O)(=O)c1cccc(C(F)(F)F)c1. The minimum Gasteiger partial charge on any atom is -0.493 e. The number of ether oxygens (including phenoxy) is 1. The van der Waals surface area contributed by atoms with Gasteiger partial charge in [0.2, 0.25) is 0 Å². The third-order valence-corrected chi connectivity index (χ3v) is 7.43. The van der Waals surface area contributed by atoms with E-state index in [4.69, 9.17) is 27.9 Å². The monoisotopic (exact) mass is 517 g/mol. The van der Waals surface area contributed by atoms with Gasteiger partial charge in [-0.3, -0.25) is 4.31 Å². The van der Waals surface area contributed by atoms with Crippen molar-refractivity contribution in [3.63, 3.8) is 0 Å². The second-order valence-corrected chi connectivity index (χ2v) is 9.67. The lowest BCUT2D eigenvalue weighted by Gasteiger charge is -2.24. The molecule has 0 radical (unpaired) electrons. The van der Waals surface area contributed by atoms with Gasteiger partial charge < -0.3 is 4.74 Å². The van der Waals surface area contributed by atoms with Crippen molar-refractivity contribution in [3.8, 4) is 5.75 Å². The van der Waals surface area contributed by atoms with Crippen molar-refractivity contribution >= 4 is 38.9 Å². The van der Waals surface area contributed by atoms with E-state index >= 15 is 0 Å². The second-order valence-electron chi connectivity index (χ2n) is 6.99. The summed E-state index contributed by atoms with van der Waals surface area (Å²) in [6.45, 7) is 1.84. The number of halogens is 5. The largest absolute Gasteiger partial charge is 0.493 e. The van der Waals surface area contributed by atoms with Crippen LogP contribution in [0.5, 0.6) is 5.75 Å². The van der Waals surface area contributed by atoms with Crippen LogP contribution in [0.4, 0.5) is 18.9 Å². The minimum atomic E-state index is -4.65. The molecule has 0 fully saturated rings. The molecule has 3 aromatic rings. The van der Waals surface area contributed by atoms with Gasteiger partial charge in [0.05, 0.1) is 22.8 Å².